The molecule has 7 nitrogen and oxygen atoms in total. The van der Waals surface area contributed by atoms with Crippen LogP contribution in [0.5, 0.6) is 0 Å². The van der Waals surface area contributed by atoms with E-state index in [-0.39, 0.29) is 18.2 Å². The predicted octanol–water partition coefficient (Wildman–Crippen LogP) is 2.43. The maximum Gasteiger partial charge on any atom is 0.319 e. The Kier molecular flexibility index (Phi) is 5.26. The Morgan fingerprint density at radius 2 is 2.10 bits per heavy atom. The molecule has 0 spiro atoms. The number of aliphatic hydroxyl groups is 1. The molecule has 1 rings (SSSR count). The van der Waals surface area contributed by atoms with E-state index >= 15 is 0 Å². The predicted molar refractivity (Wildman–Crippen MR) is 80.3 cm³/mol. The van der Waals surface area contributed by atoms with Gasteiger partial charge in [-0.15, -0.1) is 0 Å². The first-order valence-electron chi connectivity index (χ1n) is 6.66. The number of aryl methyl sites for hydroxylation is 1. The molecule has 0 saturated carbocycles. The van der Waals surface area contributed by atoms with Crippen molar-refractivity contribution >= 4 is 17.4 Å². The fourth-order valence-electron chi connectivity index (χ4n) is 1.49. The van der Waals surface area contributed by atoms with Crippen LogP contribution >= 0.6 is 0 Å². The number of rotatable bonds is 5. The molecular weight excluding hydrogens is 274 g/mol. The number of nitrogens with one attached hydrogen (secondary N) is 2. The molecule has 0 aromatic heterocycles. The smallest absolute Gasteiger partial charge is 0.319 e. The minimum atomic E-state index is -1.02. The van der Waals surface area contributed by atoms with Crippen LogP contribution in [0.2, 0.25) is 0 Å². The van der Waals surface area contributed by atoms with E-state index in [1.807, 2.05) is 13.8 Å². The highest BCUT2D eigenvalue weighted by atomic mass is 16.6. The molecule has 0 bridgehead atoms. The summed E-state index contributed by atoms with van der Waals surface area (Å²) in [5.74, 6) is -0.0163. The Labute approximate surface area is 123 Å². The third-order valence-corrected chi connectivity index (χ3v) is 3.53. The van der Waals surface area contributed by atoms with Crippen LogP contribution in [0.3, 0.4) is 0 Å². The van der Waals surface area contributed by atoms with Gasteiger partial charge in [0.2, 0.25) is 0 Å². The number of benzene rings is 1. The molecule has 0 radical (unpaired) electrons. The standard InChI is InChI=1S/C14H21N3O4/c1-9(2)14(4,19)8-15-13(18)16-12-7-11(17(20)21)6-5-10(12)3/h5-7,9,19H,8H2,1-4H3,(H2,15,16,18). The van der Waals surface area contributed by atoms with Gasteiger partial charge in [0.15, 0.2) is 0 Å². The molecule has 1 unspecified atom stereocenters. The molecule has 0 heterocycles. The minimum Gasteiger partial charge on any atom is -0.388 e. The number of hydrogen-bond donors (Lipinski definition) is 3. The molecule has 1 aromatic carbocycles. The Hall–Kier alpha value is -2.15. The van der Waals surface area contributed by atoms with Gasteiger partial charge in [0.25, 0.3) is 5.69 Å². The monoisotopic (exact) mass is 295 g/mol. The van der Waals surface area contributed by atoms with E-state index in [4.69, 9.17) is 0 Å². The van der Waals surface area contributed by atoms with Crippen LogP contribution in [-0.4, -0.2) is 28.2 Å². The SMILES string of the molecule is Cc1ccc([N+](=O)[O-])cc1NC(=O)NCC(C)(O)C(C)C. The summed E-state index contributed by atoms with van der Waals surface area (Å²) in [4.78, 5) is 22.0. The van der Waals surface area contributed by atoms with E-state index in [2.05, 4.69) is 10.6 Å². The topological polar surface area (TPSA) is 105 Å². The van der Waals surface area contributed by atoms with Crippen molar-refractivity contribution in [2.24, 2.45) is 5.92 Å². The molecule has 0 saturated heterocycles. The first kappa shape index (κ1) is 16.9. The van der Waals surface area contributed by atoms with E-state index in [9.17, 15) is 20.0 Å². The van der Waals surface area contributed by atoms with Crippen LogP contribution in [0.15, 0.2) is 18.2 Å². The molecule has 0 aliphatic carbocycles. The molecule has 1 aromatic rings. The van der Waals surface area contributed by atoms with Gasteiger partial charge < -0.3 is 15.7 Å². The van der Waals surface area contributed by atoms with Crippen molar-refractivity contribution in [2.45, 2.75) is 33.3 Å². The van der Waals surface area contributed by atoms with Gasteiger partial charge in [-0.2, -0.15) is 0 Å². The summed E-state index contributed by atoms with van der Waals surface area (Å²) in [7, 11) is 0. The summed E-state index contributed by atoms with van der Waals surface area (Å²) in [5, 5.41) is 25.9. The first-order chi connectivity index (χ1) is 9.63. The van der Waals surface area contributed by atoms with Crippen LogP contribution in [0.25, 0.3) is 0 Å². The molecule has 7 heteroatoms. The van der Waals surface area contributed by atoms with Crippen LogP contribution in [0, 0.1) is 23.0 Å². The second-order valence-electron chi connectivity index (χ2n) is 5.58. The van der Waals surface area contributed by atoms with Crippen molar-refractivity contribution in [3.05, 3.63) is 33.9 Å². The second kappa shape index (κ2) is 6.53. The highest BCUT2D eigenvalue weighted by Crippen LogP contribution is 2.21. The summed E-state index contributed by atoms with van der Waals surface area (Å²) in [5.41, 5.74) is -0.0305. The molecule has 0 fully saturated rings. The lowest BCUT2D eigenvalue weighted by Gasteiger charge is -2.27. The molecule has 1 atom stereocenters. The summed E-state index contributed by atoms with van der Waals surface area (Å²) < 4.78 is 0. The third-order valence-electron chi connectivity index (χ3n) is 3.53. The number of carbonyl (C=O) groups excluding carboxylic acids is 1. The van der Waals surface area contributed by atoms with Gasteiger partial charge in [-0.25, -0.2) is 4.79 Å². The molecule has 0 aliphatic heterocycles. The average molecular weight is 295 g/mol. The van der Waals surface area contributed by atoms with Crippen LogP contribution < -0.4 is 10.6 Å². The van der Waals surface area contributed by atoms with Crippen molar-refractivity contribution < 1.29 is 14.8 Å². The maximum absolute atomic E-state index is 11.8. The Morgan fingerprint density at radius 3 is 2.62 bits per heavy atom. The molecule has 3 N–H and O–H groups in total. The zero-order chi connectivity index (χ0) is 16.2. The first-order valence-corrected chi connectivity index (χ1v) is 6.66. The van der Waals surface area contributed by atoms with Crippen LogP contribution in [-0.2, 0) is 0 Å². The number of non-ortho nitro benzene ring substituents is 1. The van der Waals surface area contributed by atoms with Gasteiger partial charge in [-0.1, -0.05) is 19.9 Å². The number of anilines is 1. The lowest BCUT2D eigenvalue weighted by Crippen LogP contribution is -2.45. The fraction of sp³-hybridized carbons (Fsp3) is 0.500. The minimum absolute atomic E-state index is 0.0163. The van der Waals surface area contributed by atoms with Gasteiger partial charge >= 0.3 is 6.03 Å². The maximum atomic E-state index is 11.8. The van der Waals surface area contributed by atoms with Gasteiger partial charge in [0.05, 0.1) is 16.2 Å². The van der Waals surface area contributed by atoms with Crippen molar-refractivity contribution in [3.8, 4) is 0 Å². The van der Waals surface area contributed by atoms with Crippen molar-refractivity contribution in [1.29, 1.82) is 0 Å². The summed E-state index contributed by atoms with van der Waals surface area (Å²) in [6, 6.07) is 3.73. The van der Waals surface area contributed by atoms with Crippen molar-refractivity contribution in [2.75, 3.05) is 11.9 Å². The fourth-order valence-corrected chi connectivity index (χ4v) is 1.49. The number of amides is 2. The summed E-state index contributed by atoms with van der Waals surface area (Å²) in [6.45, 7) is 7.17. The molecule has 0 aliphatic rings. The molecule has 116 valence electrons. The van der Waals surface area contributed by atoms with E-state index in [0.717, 1.165) is 0 Å². The van der Waals surface area contributed by atoms with Crippen LogP contribution in [0.1, 0.15) is 26.3 Å². The second-order valence-corrected chi connectivity index (χ2v) is 5.58. The van der Waals surface area contributed by atoms with Crippen molar-refractivity contribution in [3.63, 3.8) is 0 Å². The van der Waals surface area contributed by atoms with E-state index in [1.54, 1.807) is 19.9 Å². The van der Waals surface area contributed by atoms with Gasteiger partial charge in [0, 0.05) is 18.7 Å². The summed E-state index contributed by atoms with van der Waals surface area (Å²) >= 11 is 0. The van der Waals surface area contributed by atoms with E-state index in [1.165, 1.54) is 12.1 Å². The number of nitro groups is 1. The lowest BCUT2D eigenvalue weighted by atomic mass is 9.93. The van der Waals surface area contributed by atoms with Crippen LogP contribution in [0.4, 0.5) is 16.2 Å². The molecule has 2 amide bonds. The zero-order valence-corrected chi connectivity index (χ0v) is 12.6. The highest BCUT2D eigenvalue weighted by molar-refractivity contribution is 5.90. The zero-order valence-electron chi connectivity index (χ0n) is 12.6. The Morgan fingerprint density at radius 1 is 1.48 bits per heavy atom. The quantitative estimate of drug-likeness (QED) is 0.573. The molecular formula is C14H21N3O4. The Bertz CT molecular complexity index is 541. The van der Waals surface area contributed by atoms with Gasteiger partial charge in [-0.3, -0.25) is 10.1 Å². The largest absolute Gasteiger partial charge is 0.388 e. The summed E-state index contributed by atoms with van der Waals surface area (Å²) in [6.07, 6.45) is 0. The highest BCUT2D eigenvalue weighted by Gasteiger charge is 2.25. The third kappa shape index (κ3) is 4.71. The van der Waals surface area contributed by atoms with Crippen molar-refractivity contribution in [1.82, 2.24) is 5.32 Å². The number of carbonyl (C=O) groups is 1. The average Bonchev–Trinajstić information content (AvgIpc) is 2.38. The van der Waals surface area contributed by atoms with Gasteiger partial charge in [-0.05, 0) is 25.3 Å². The number of urea groups is 1. The number of nitro benzene ring substituents is 1. The molecule has 21 heavy (non-hydrogen) atoms. The van der Waals surface area contributed by atoms with E-state index < -0.39 is 16.6 Å². The lowest BCUT2D eigenvalue weighted by molar-refractivity contribution is -0.384. The van der Waals surface area contributed by atoms with E-state index in [0.29, 0.717) is 11.3 Å². The number of hydrogen-bond acceptors (Lipinski definition) is 4. The normalized spacial score (nSPS) is 13.6. The Balaban J connectivity index is 2.71. The number of nitrogens with zero attached hydrogens (tertiary/aromatic N) is 1. The van der Waals surface area contributed by atoms with Gasteiger partial charge in [0.1, 0.15) is 0 Å².